The lowest BCUT2D eigenvalue weighted by molar-refractivity contribution is -0.143. The number of nitrogens with one attached hydrogen (secondary N) is 3. The summed E-state index contributed by atoms with van der Waals surface area (Å²) < 4.78 is 0. The minimum absolute atomic E-state index is 0.139. The highest BCUT2D eigenvalue weighted by Crippen LogP contribution is 2.04. The van der Waals surface area contributed by atoms with Crippen molar-refractivity contribution >= 4 is 47.3 Å². The van der Waals surface area contributed by atoms with Crippen molar-refractivity contribution in [3.63, 3.8) is 0 Å². The normalized spacial score (nSPS) is 14.3. The Morgan fingerprint density at radius 2 is 1.36 bits per heavy atom. The van der Waals surface area contributed by atoms with E-state index >= 15 is 0 Å². The fraction of sp³-hybridized carbons (Fsp3) is 0.667. The number of carboxylic acids is 2. The molecule has 0 saturated heterocycles. The molecule has 0 heterocycles. The zero-order valence-electron chi connectivity index (χ0n) is 18.1. The van der Waals surface area contributed by atoms with Crippen LogP contribution in [0.15, 0.2) is 0 Å². The van der Waals surface area contributed by atoms with Gasteiger partial charge in [-0.3, -0.25) is 24.0 Å². The smallest absolute Gasteiger partial charge is 0.326 e. The van der Waals surface area contributed by atoms with Crippen LogP contribution in [0.5, 0.6) is 0 Å². The molecule has 188 valence electrons. The third-order valence-electron chi connectivity index (χ3n) is 4.36. The molecule has 0 bridgehead atoms. The molecule has 0 rings (SSSR count). The van der Waals surface area contributed by atoms with Gasteiger partial charge in [0.1, 0.15) is 18.1 Å². The number of aliphatic hydroxyl groups excluding tert-OH is 1. The maximum absolute atomic E-state index is 12.6. The molecule has 10 N–H and O–H groups in total. The number of amides is 4. The van der Waals surface area contributed by atoms with Crippen LogP contribution in [0, 0.1) is 0 Å². The number of aliphatic carboxylic acids is 2. The highest BCUT2D eigenvalue weighted by molar-refractivity contribution is 7.98. The van der Waals surface area contributed by atoms with E-state index in [0.717, 1.165) is 0 Å². The topological polar surface area (TPSA) is 251 Å². The lowest BCUT2D eigenvalue weighted by atomic mass is 10.1. The summed E-state index contributed by atoms with van der Waals surface area (Å²) in [5, 5.41) is 34.1. The molecule has 0 spiro atoms. The molecule has 4 atom stereocenters. The molecule has 0 aromatic carbocycles. The number of primary amides is 1. The van der Waals surface area contributed by atoms with Crippen LogP contribution >= 0.6 is 11.8 Å². The molecule has 4 unspecified atom stereocenters. The molecule has 0 aromatic heterocycles. The molecular formula is C18H31N5O9S. The van der Waals surface area contributed by atoms with E-state index in [-0.39, 0.29) is 32.1 Å². The Morgan fingerprint density at radius 3 is 1.85 bits per heavy atom. The first-order chi connectivity index (χ1) is 15.4. The van der Waals surface area contributed by atoms with Gasteiger partial charge in [0.05, 0.1) is 12.6 Å². The summed E-state index contributed by atoms with van der Waals surface area (Å²) >= 11 is 1.38. The number of thioether (sulfide) groups is 1. The second-order valence-corrected chi connectivity index (χ2v) is 8.02. The summed E-state index contributed by atoms with van der Waals surface area (Å²) in [4.78, 5) is 70.0. The number of hydrogen-bond donors (Lipinski definition) is 8. The van der Waals surface area contributed by atoms with Crippen LogP contribution in [0.1, 0.15) is 32.1 Å². The first-order valence-electron chi connectivity index (χ1n) is 9.92. The minimum atomic E-state index is -1.54. The largest absolute Gasteiger partial charge is 0.481 e. The predicted octanol–water partition coefficient (Wildman–Crippen LogP) is -3.27. The molecule has 14 nitrogen and oxygen atoms in total. The van der Waals surface area contributed by atoms with Crippen LogP contribution in [0.25, 0.3) is 0 Å². The van der Waals surface area contributed by atoms with E-state index in [2.05, 4.69) is 16.0 Å². The summed E-state index contributed by atoms with van der Waals surface area (Å²) in [6.07, 6.45) is 0.810. The van der Waals surface area contributed by atoms with Gasteiger partial charge in [0.15, 0.2) is 0 Å². The SMILES string of the molecule is CSCCC(NC(=O)C(N)CCC(=O)O)C(=O)NC(CO)C(=O)NC(CCC(N)=O)C(=O)O. The van der Waals surface area contributed by atoms with Crippen LogP contribution in [-0.2, 0) is 28.8 Å². The van der Waals surface area contributed by atoms with Crippen LogP contribution in [0.4, 0.5) is 0 Å². The van der Waals surface area contributed by atoms with Gasteiger partial charge in [-0.25, -0.2) is 4.79 Å². The maximum Gasteiger partial charge on any atom is 0.326 e. The first-order valence-corrected chi connectivity index (χ1v) is 11.3. The van der Waals surface area contributed by atoms with Crippen molar-refractivity contribution < 1.29 is 44.1 Å². The van der Waals surface area contributed by atoms with Gasteiger partial charge in [0.2, 0.25) is 23.6 Å². The van der Waals surface area contributed by atoms with Crippen LogP contribution < -0.4 is 27.4 Å². The first kappa shape index (κ1) is 30.1. The van der Waals surface area contributed by atoms with Gasteiger partial charge in [-0.05, 0) is 31.3 Å². The number of rotatable bonds is 17. The molecule has 33 heavy (non-hydrogen) atoms. The molecule has 4 amide bonds. The average Bonchev–Trinajstić information content (AvgIpc) is 2.74. The summed E-state index contributed by atoms with van der Waals surface area (Å²) in [5.74, 6) is -5.52. The predicted molar refractivity (Wildman–Crippen MR) is 117 cm³/mol. The molecule has 0 aliphatic rings. The van der Waals surface area contributed by atoms with Crippen molar-refractivity contribution in [3.05, 3.63) is 0 Å². The standard InChI is InChI=1S/C18H31N5O9S/c1-33-7-6-10(21-15(28)9(19)2-5-14(26)27)16(29)23-12(8-24)17(30)22-11(18(31)32)3-4-13(20)25/h9-12,24H,2-8,19H2,1H3,(H2,20,25)(H,21,28)(H,22,30)(H,23,29)(H,26,27)(H,31,32). The lowest BCUT2D eigenvalue weighted by Gasteiger charge is -2.24. The summed E-state index contributed by atoms with van der Waals surface area (Å²) in [7, 11) is 0. The third-order valence-corrected chi connectivity index (χ3v) is 5.00. The zero-order valence-corrected chi connectivity index (χ0v) is 18.9. The van der Waals surface area contributed by atoms with E-state index < -0.39 is 66.3 Å². The maximum atomic E-state index is 12.6. The third kappa shape index (κ3) is 12.6. The van der Waals surface area contributed by atoms with Crippen molar-refractivity contribution in [2.24, 2.45) is 11.5 Å². The Bertz CT molecular complexity index is 721. The molecule has 0 aliphatic heterocycles. The highest BCUT2D eigenvalue weighted by atomic mass is 32.2. The summed E-state index contributed by atoms with van der Waals surface area (Å²) in [5.41, 5.74) is 10.6. The van der Waals surface area contributed by atoms with E-state index in [0.29, 0.717) is 5.75 Å². The quantitative estimate of drug-likeness (QED) is 0.0997. The second-order valence-electron chi connectivity index (χ2n) is 7.03. The van der Waals surface area contributed by atoms with Gasteiger partial charge in [-0.1, -0.05) is 0 Å². The Kier molecular flexibility index (Phi) is 14.4. The van der Waals surface area contributed by atoms with Crippen molar-refractivity contribution in [2.45, 2.75) is 56.3 Å². The number of aliphatic hydroxyl groups is 1. The van der Waals surface area contributed by atoms with Gasteiger partial charge in [0.25, 0.3) is 0 Å². The minimum Gasteiger partial charge on any atom is -0.481 e. The van der Waals surface area contributed by atoms with Crippen LogP contribution in [0.3, 0.4) is 0 Å². The van der Waals surface area contributed by atoms with Crippen molar-refractivity contribution in [1.29, 1.82) is 0 Å². The summed E-state index contributed by atoms with van der Waals surface area (Å²) in [6.45, 7) is -0.874. The lowest BCUT2D eigenvalue weighted by Crippen LogP contribution is -2.58. The Balaban J connectivity index is 5.18. The molecule has 0 aliphatic carbocycles. The zero-order chi connectivity index (χ0) is 25.6. The monoisotopic (exact) mass is 493 g/mol. The van der Waals surface area contributed by atoms with E-state index in [1.54, 1.807) is 6.26 Å². The van der Waals surface area contributed by atoms with Crippen LogP contribution in [0.2, 0.25) is 0 Å². The van der Waals surface area contributed by atoms with Gasteiger partial charge in [0, 0.05) is 12.8 Å². The molecule has 0 saturated carbocycles. The Hall–Kier alpha value is -2.91. The summed E-state index contributed by atoms with van der Waals surface area (Å²) in [6, 6.07) is -5.34. The van der Waals surface area contributed by atoms with E-state index in [9.17, 15) is 39.0 Å². The second kappa shape index (κ2) is 15.8. The number of carboxylic acid groups (broad SMARTS) is 2. The fourth-order valence-corrected chi connectivity index (χ4v) is 2.95. The van der Waals surface area contributed by atoms with Gasteiger partial charge in [-0.15, -0.1) is 0 Å². The highest BCUT2D eigenvalue weighted by Gasteiger charge is 2.30. The molecule has 0 aromatic rings. The van der Waals surface area contributed by atoms with E-state index in [1.165, 1.54) is 11.8 Å². The van der Waals surface area contributed by atoms with Crippen molar-refractivity contribution in [1.82, 2.24) is 16.0 Å². The number of nitrogens with two attached hydrogens (primary N) is 2. The number of hydrogen-bond acceptors (Lipinski definition) is 9. The fourth-order valence-electron chi connectivity index (χ4n) is 2.48. The molecule has 0 fully saturated rings. The Morgan fingerprint density at radius 1 is 0.818 bits per heavy atom. The van der Waals surface area contributed by atoms with Gasteiger partial charge < -0.3 is 42.7 Å². The molecule has 0 radical (unpaired) electrons. The number of carbonyl (C=O) groups is 6. The molecular weight excluding hydrogens is 462 g/mol. The van der Waals surface area contributed by atoms with Gasteiger partial charge in [-0.2, -0.15) is 11.8 Å². The average molecular weight is 494 g/mol. The van der Waals surface area contributed by atoms with E-state index in [1.807, 2.05) is 0 Å². The van der Waals surface area contributed by atoms with Crippen molar-refractivity contribution in [3.8, 4) is 0 Å². The molecule has 15 heteroatoms. The van der Waals surface area contributed by atoms with E-state index in [4.69, 9.17) is 16.6 Å². The number of carbonyl (C=O) groups excluding carboxylic acids is 4. The van der Waals surface area contributed by atoms with Gasteiger partial charge >= 0.3 is 11.9 Å². The van der Waals surface area contributed by atoms with Crippen molar-refractivity contribution in [2.75, 3.05) is 18.6 Å². The van der Waals surface area contributed by atoms with Crippen LogP contribution in [-0.4, -0.2) is 93.7 Å². The Labute approximate surface area is 194 Å².